The summed E-state index contributed by atoms with van der Waals surface area (Å²) in [7, 11) is 0.686. The van der Waals surface area contributed by atoms with Gasteiger partial charge in [-0.15, -0.1) is 0 Å². The van der Waals surface area contributed by atoms with E-state index in [4.69, 9.17) is 4.74 Å². The molecule has 0 spiro atoms. The van der Waals surface area contributed by atoms with Crippen LogP contribution in [0.3, 0.4) is 0 Å². The van der Waals surface area contributed by atoms with Crippen LogP contribution in [0, 0.1) is 0 Å². The third-order valence-electron chi connectivity index (χ3n) is 3.04. The van der Waals surface area contributed by atoms with Gasteiger partial charge in [-0.25, -0.2) is 0 Å². The van der Waals surface area contributed by atoms with Crippen molar-refractivity contribution in [2.45, 2.75) is 51.6 Å². The molecule has 3 heteroatoms. The van der Waals surface area contributed by atoms with Crippen LogP contribution in [-0.2, 0) is 15.6 Å². The van der Waals surface area contributed by atoms with Gasteiger partial charge in [0.2, 0.25) is 0 Å². The number of hydrogen-bond acceptors (Lipinski definition) is 1. The Morgan fingerprint density at radius 2 is 2.07 bits per heavy atom. The topological polar surface area (TPSA) is 9.23 Å². The lowest BCUT2D eigenvalue weighted by Gasteiger charge is -2.08. The highest BCUT2D eigenvalue weighted by molar-refractivity contribution is 7.96. The molecule has 0 aromatic heterocycles. The monoisotopic (exact) mass is 296 g/mol. The predicted octanol–water partition coefficient (Wildman–Crippen LogP) is -0.00220. The van der Waals surface area contributed by atoms with Gasteiger partial charge in [0.05, 0.1) is 12.4 Å². The summed E-state index contributed by atoms with van der Waals surface area (Å²) in [6, 6.07) is 0. The van der Waals surface area contributed by atoms with Crippen LogP contribution in [0.1, 0.15) is 45.4 Å². The van der Waals surface area contributed by atoms with Gasteiger partial charge >= 0.3 is 0 Å². The molecule has 1 aliphatic heterocycles. The molecule has 1 rings (SSSR count). The van der Waals surface area contributed by atoms with Gasteiger partial charge in [0.1, 0.15) is 11.5 Å². The Kier molecular flexibility index (Phi) is 10.5. The van der Waals surface area contributed by atoms with Crippen molar-refractivity contribution in [3.8, 4) is 0 Å². The van der Waals surface area contributed by atoms with E-state index in [0.29, 0.717) is 17.0 Å². The quantitative estimate of drug-likeness (QED) is 0.475. The van der Waals surface area contributed by atoms with Gasteiger partial charge in [-0.2, -0.15) is 0 Å². The molecule has 0 amide bonds. The summed E-state index contributed by atoms with van der Waals surface area (Å²) in [6.45, 7) is 3.31. The van der Waals surface area contributed by atoms with Crippen LogP contribution in [0.4, 0.5) is 0 Å². The third kappa shape index (κ3) is 7.64. The van der Waals surface area contributed by atoms with Crippen LogP contribution >= 0.6 is 0 Å². The van der Waals surface area contributed by atoms with E-state index in [1.54, 1.807) is 0 Å². The van der Waals surface area contributed by atoms with Gasteiger partial charge in [-0.3, -0.25) is 0 Å². The van der Waals surface area contributed by atoms with Crippen LogP contribution in [0.2, 0.25) is 0 Å². The summed E-state index contributed by atoms with van der Waals surface area (Å²) in [5, 5.41) is 0. The molecule has 1 aliphatic rings. The highest BCUT2D eigenvalue weighted by Gasteiger charge is 2.14. The van der Waals surface area contributed by atoms with E-state index >= 15 is 0 Å². The van der Waals surface area contributed by atoms with E-state index in [0.717, 1.165) is 6.61 Å². The average Bonchev–Trinajstić information content (AvgIpc) is 2.69. The Labute approximate surface area is 108 Å². The predicted molar refractivity (Wildman–Crippen MR) is 66.1 cm³/mol. The second kappa shape index (κ2) is 9.98. The molecule has 15 heavy (non-hydrogen) atoms. The van der Waals surface area contributed by atoms with E-state index < -0.39 is 0 Å². The summed E-state index contributed by atoms with van der Waals surface area (Å²) in [5.41, 5.74) is 0. The first kappa shape index (κ1) is 15.8. The largest absolute Gasteiger partial charge is 1.00 e. The third-order valence-corrected chi connectivity index (χ3v) is 5.01. The molecule has 92 valence electrons. The first-order chi connectivity index (χ1) is 6.83. The van der Waals surface area contributed by atoms with E-state index in [-0.39, 0.29) is 17.0 Å². The molecule has 0 saturated carbocycles. The molecular weight excluding hydrogens is 272 g/mol. The van der Waals surface area contributed by atoms with Gasteiger partial charge < -0.3 is 21.7 Å². The summed E-state index contributed by atoms with van der Waals surface area (Å²) < 4.78 is 5.60. The Balaban J connectivity index is 0.00000196. The number of rotatable bonds is 7. The number of hydrogen-bond donors (Lipinski definition) is 0. The van der Waals surface area contributed by atoms with Gasteiger partial charge in [0, 0.05) is 6.61 Å². The smallest absolute Gasteiger partial charge is 0.107 e. The summed E-state index contributed by atoms with van der Waals surface area (Å²) in [5.74, 6) is 2.81. The lowest BCUT2D eigenvalue weighted by Crippen LogP contribution is -3.00. The summed E-state index contributed by atoms with van der Waals surface area (Å²) in [4.78, 5) is 0. The van der Waals surface area contributed by atoms with Gasteiger partial charge in [0.25, 0.3) is 0 Å². The molecule has 0 aromatic carbocycles. The SMILES string of the molecule is CC[S+](C)CCCCCC1CCCO1.[Br-]. The van der Waals surface area contributed by atoms with E-state index in [1.807, 2.05) is 0 Å². The molecular formula is C12H25BrOS. The first-order valence-corrected chi connectivity index (χ1v) is 8.00. The maximum atomic E-state index is 5.60. The maximum absolute atomic E-state index is 5.60. The average molecular weight is 297 g/mol. The molecule has 2 unspecified atom stereocenters. The van der Waals surface area contributed by atoms with Crippen LogP contribution in [0.25, 0.3) is 0 Å². The minimum atomic E-state index is 0. The number of halogens is 1. The Morgan fingerprint density at radius 3 is 2.67 bits per heavy atom. The van der Waals surface area contributed by atoms with Crippen molar-refractivity contribution in [2.24, 2.45) is 0 Å². The van der Waals surface area contributed by atoms with E-state index in [1.165, 1.54) is 50.0 Å². The minimum Gasteiger partial charge on any atom is -1.00 e. The maximum Gasteiger partial charge on any atom is 0.107 e. The molecule has 0 radical (unpaired) electrons. The van der Waals surface area contributed by atoms with Gasteiger partial charge in [-0.05, 0) is 49.9 Å². The number of unbranched alkanes of at least 4 members (excludes halogenated alkanes) is 2. The highest BCUT2D eigenvalue weighted by Crippen LogP contribution is 2.18. The Hall–Kier alpha value is 0.790. The summed E-state index contributed by atoms with van der Waals surface area (Å²) >= 11 is 0. The molecule has 0 bridgehead atoms. The van der Waals surface area contributed by atoms with Crippen molar-refractivity contribution in [1.82, 2.24) is 0 Å². The van der Waals surface area contributed by atoms with Gasteiger partial charge in [0.15, 0.2) is 0 Å². The van der Waals surface area contributed by atoms with Crippen molar-refractivity contribution in [1.29, 1.82) is 0 Å². The minimum absolute atomic E-state index is 0. The molecule has 1 heterocycles. The molecule has 2 atom stereocenters. The van der Waals surface area contributed by atoms with Crippen molar-refractivity contribution in [2.75, 3.05) is 24.4 Å². The van der Waals surface area contributed by atoms with Crippen molar-refractivity contribution in [3.63, 3.8) is 0 Å². The first-order valence-electron chi connectivity index (χ1n) is 6.03. The Bertz CT molecular complexity index is 138. The zero-order chi connectivity index (χ0) is 10.2. The molecule has 1 nitrogen and oxygen atoms in total. The van der Waals surface area contributed by atoms with E-state index in [2.05, 4.69) is 13.2 Å². The molecule has 0 N–H and O–H groups in total. The fraction of sp³-hybridized carbons (Fsp3) is 1.00. The second-order valence-corrected chi connectivity index (χ2v) is 6.81. The van der Waals surface area contributed by atoms with Crippen LogP contribution < -0.4 is 17.0 Å². The zero-order valence-corrected chi connectivity index (χ0v) is 12.5. The van der Waals surface area contributed by atoms with Gasteiger partial charge in [-0.1, -0.05) is 6.42 Å². The van der Waals surface area contributed by atoms with Crippen LogP contribution in [0.15, 0.2) is 0 Å². The fourth-order valence-corrected chi connectivity index (χ4v) is 2.90. The van der Waals surface area contributed by atoms with Crippen molar-refractivity contribution >= 4 is 10.9 Å². The Morgan fingerprint density at radius 1 is 1.27 bits per heavy atom. The van der Waals surface area contributed by atoms with Crippen molar-refractivity contribution in [3.05, 3.63) is 0 Å². The fourth-order valence-electron chi connectivity index (χ4n) is 1.91. The second-order valence-electron chi connectivity index (χ2n) is 4.26. The lowest BCUT2D eigenvalue weighted by atomic mass is 10.1. The normalized spacial score (nSPS) is 22.4. The summed E-state index contributed by atoms with van der Waals surface area (Å²) in [6.07, 6.45) is 11.1. The molecule has 1 fully saturated rings. The lowest BCUT2D eigenvalue weighted by molar-refractivity contribution is -0.00000462. The van der Waals surface area contributed by atoms with Crippen molar-refractivity contribution < 1.29 is 21.7 Å². The standard InChI is InChI=1S/C12H25OS.BrH/c1-3-14(2)11-6-4-5-8-12-9-7-10-13-12;/h12H,3-11H2,1-2H3;1H/q+1;/p-1. The molecule has 0 aliphatic carbocycles. The molecule has 0 aromatic rings. The zero-order valence-electron chi connectivity index (χ0n) is 10.1. The van der Waals surface area contributed by atoms with Crippen LogP contribution in [0.5, 0.6) is 0 Å². The van der Waals surface area contributed by atoms with E-state index in [9.17, 15) is 0 Å². The molecule has 1 saturated heterocycles. The number of ether oxygens (including phenoxy) is 1. The van der Waals surface area contributed by atoms with Crippen LogP contribution in [-0.4, -0.2) is 30.5 Å². The highest BCUT2D eigenvalue weighted by atomic mass is 79.9.